The highest BCUT2D eigenvalue weighted by Crippen LogP contribution is 2.28. The number of aliphatic carboxylic acids is 1. The van der Waals surface area contributed by atoms with Crippen LogP contribution in [0.1, 0.15) is 52.4 Å². The molecule has 0 aromatic carbocycles. The number of methoxy groups -OCH3 is 1. The van der Waals surface area contributed by atoms with Crippen molar-refractivity contribution in [3.8, 4) is 0 Å². The molecule has 1 aliphatic carbocycles. The minimum absolute atomic E-state index is 0.477. The molecule has 0 saturated heterocycles. The lowest BCUT2D eigenvalue weighted by Crippen LogP contribution is -2.45. The van der Waals surface area contributed by atoms with E-state index in [1.54, 1.807) is 7.11 Å². The van der Waals surface area contributed by atoms with Gasteiger partial charge in [-0.1, -0.05) is 13.8 Å². The van der Waals surface area contributed by atoms with E-state index in [1.807, 2.05) is 13.8 Å². The minimum atomic E-state index is -0.668. The molecule has 0 aromatic rings. The molecule has 0 heterocycles. The van der Waals surface area contributed by atoms with E-state index in [0.717, 1.165) is 19.4 Å². The largest absolute Gasteiger partial charge is 0.481 e. The van der Waals surface area contributed by atoms with Gasteiger partial charge < -0.3 is 15.2 Å². The summed E-state index contributed by atoms with van der Waals surface area (Å²) in [6.07, 6.45) is 6.01. The second-order valence-corrected chi connectivity index (χ2v) is 5.85. The number of ether oxygens (including phenoxy) is 1. The van der Waals surface area contributed by atoms with Crippen LogP contribution in [0.2, 0.25) is 0 Å². The molecule has 4 nitrogen and oxygen atoms in total. The van der Waals surface area contributed by atoms with E-state index in [2.05, 4.69) is 5.32 Å². The van der Waals surface area contributed by atoms with Crippen LogP contribution in [0.5, 0.6) is 0 Å². The van der Waals surface area contributed by atoms with Crippen molar-refractivity contribution < 1.29 is 14.6 Å². The zero-order chi connectivity index (χ0) is 14.3. The summed E-state index contributed by atoms with van der Waals surface area (Å²) < 4.78 is 5.20. The highest BCUT2D eigenvalue weighted by molar-refractivity contribution is 5.74. The molecule has 0 aliphatic heterocycles. The quantitative estimate of drug-likeness (QED) is 0.712. The fourth-order valence-electron chi connectivity index (χ4n) is 2.99. The third-order valence-electron chi connectivity index (χ3n) is 4.79. The number of hydrogen-bond donors (Lipinski definition) is 2. The highest BCUT2D eigenvalue weighted by Gasteiger charge is 2.35. The second-order valence-electron chi connectivity index (χ2n) is 5.85. The molecule has 1 aliphatic rings. The molecule has 4 heteroatoms. The Hall–Kier alpha value is -0.610. The summed E-state index contributed by atoms with van der Waals surface area (Å²) in [5.74, 6) is 0.0164. The Morgan fingerprint density at radius 1 is 1.26 bits per heavy atom. The van der Waals surface area contributed by atoms with Gasteiger partial charge >= 0.3 is 5.97 Å². The number of hydrogen-bond acceptors (Lipinski definition) is 3. The summed E-state index contributed by atoms with van der Waals surface area (Å²) in [5.41, 5.74) is -0.594. The van der Waals surface area contributed by atoms with Crippen molar-refractivity contribution in [2.24, 2.45) is 11.3 Å². The number of rotatable bonds is 8. The first-order valence-electron chi connectivity index (χ1n) is 7.53. The fraction of sp³-hybridized carbons (Fsp3) is 0.933. The Balaban J connectivity index is 2.38. The smallest absolute Gasteiger partial charge is 0.310 e. The highest BCUT2D eigenvalue weighted by atomic mass is 16.5. The number of carboxylic acid groups (broad SMARTS) is 1. The van der Waals surface area contributed by atoms with Crippen LogP contribution in [0.4, 0.5) is 0 Å². The van der Waals surface area contributed by atoms with E-state index < -0.39 is 11.4 Å². The van der Waals surface area contributed by atoms with Crippen LogP contribution in [-0.4, -0.2) is 37.4 Å². The summed E-state index contributed by atoms with van der Waals surface area (Å²) in [7, 11) is 1.76. The molecule has 0 unspecified atom stereocenters. The number of carbonyl (C=O) groups is 1. The zero-order valence-corrected chi connectivity index (χ0v) is 12.6. The summed E-state index contributed by atoms with van der Waals surface area (Å²) in [6, 6.07) is 0.477. The van der Waals surface area contributed by atoms with Gasteiger partial charge in [-0.3, -0.25) is 4.79 Å². The van der Waals surface area contributed by atoms with Crippen molar-refractivity contribution in [1.29, 1.82) is 0 Å². The first-order valence-corrected chi connectivity index (χ1v) is 7.53. The van der Waals surface area contributed by atoms with Crippen molar-refractivity contribution in [3.05, 3.63) is 0 Å². The van der Waals surface area contributed by atoms with Gasteiger partial charge in [-0.15, -0.1) is 0 Å². The third kappa shape index (κ3) is 4.46. The Bertz CT molecular complexity index is 269. The van der Waals surface area contributed by atoms with Gasteiger partial charge in [0.15, 0.2) is 0 Å². The Morgan fingerprint density at radius 2 is 1.84 bits per heavy atom. The van der Waals surface area contributed by atoms with Crippen molar-refractivity contribution in [2.75, 3.05) is 20.3 Å². The van der Waals surface area contributed by atoms with E-state index in [-0.39, 0.29) is 0 Å². The van der Waals surface area contributed by atoms with Crippen LogP contribution in [-0.2, 0) is 9.53 Å². The number of nitrogens with one attached hydrogen (secondary N) is 1. The molecular weight excluding hydrogens is 242 g/mol. The monoisotopic (exact) mass is 271 g/mol. The van der Waals surface area contributed by atoms with E-state index >= 15 is 0 Å². The van der Waals surface area contributed by atoms with Gasteiger partial charge in [0.2, 0.25) is 0 Å². The van der Waals surface area contributed by atoms with Crippen LogP contribution in [0, 0.1) is 11.3 Å². The second kappa shape index (κ2) is 7.85. The van der Waals surface area contributed by atoms with Crippen molar-refractivity contribution in [1.82, 2.24) is 5.32 Å². The van der Waals surface area contributed by atoms with Crippen LogP contribution in [0.15, 0.2) is 0 Å². The topological polar surface area (TPSA) is 58.6 Å². The molecule has 112 valence electrons. The van der Waals surface area contributed by atoms with E-state index in [0.29, 0.717) is 31.3 Å². The first-order chi connectivity index (χ1) is 9.07. The molecule has 0 aromatic heterocycles. The number of carboxylic acids is 1. The van der Waals surface area contributed by atoms with Gasteiger partial charge in [0.05, 0.1) is 5.41 Å². The molecule has 1 rings (SSSR count). The molecule has 1 saturated carbocycles. The fourth-order valence-corrected chi connectivity index (χ4v) is 2.99. The molecule has 2 N–H and O–H groups in total. The van der Waals surface area contributed by atoms with Crippen LogP contribution in [0.25, 0.3) is 0 Å². The summed E-state index contributed by atoms with van der Waals surface area (Å²) in [4.78, 5) is 11.4. The molecule has 0 amide bonds. The van der Waals surface area contributed by atoms with E-state index in [1.165, 1.54) is 12.8 Å². The summed E-state index contributed by atoms with van der Waals surface area (Å²) in [5, 5.41) is 12.9. The molecule has 0 bridgehead atoms. The molecule has 19 heavy (non-hydrogen) atoms. The Labute approximate surface area is 116 Å². The van der Waals surface area contributed by atoms with Crippen LogP contribution < -0.4 is 5.32 Å². The molecule has 0 atom stereocenters. The van der Waals surface area contributed by atoms with Crippen LogP contribution in [0.3, 0.4) is 0 Å². The molecule has 1 fully saturated rings. The summed E-state index contributed by atoms with van der Waals surface area (Å²) >= 11 is 0. The first kappa shape index (κ1) is 16.4. The predicted octanol–water partition coefficient (Wildman–Crippen LogP) is 2.67. The third-order valence-corrected chi connectivity index (χ3v) is 4.79. The van der Waals surface area contributed by atoms with Gasteiger partial charge in [0.25, 0.3) is 0 Å². The zero-order valence-electron chi connectivity index (χ0n) is 12.6. The SMILES string of the molecule is CCC(CC)(CNC1CCC(COC)CC1)C(=O)O. The Morgan fingerprint density at radius 3 is 2.26 bits per heavy atom. The maximum Gasteiger partial charge on any atom is 0.310 e. The molecule has 0 radical (unpaired) electrons. The maximum absolute atomic E-state index is 11.4. The van der Waals surface area contributed by atoms with Crippen LogP contribution >= 0.6 is 0 Å². The lowest BCUT2D eigenvalue weighted by molar-refractivity contribution is -0.149. The van der Waals surface area contributed by atoms with Gasteiger partial charge in [-0.25, -0.2) is 0 Å². The normalized spacial score (nSPS) is 24.4. The minimum Gasteiger partial charge on any atom is -0.481 e. The van der Waals surface area contributed by atoms with E-state index in [9.17, 15) is 9.90 Å². The van der Waals surface area contributed by atoms with Gasteiger partial charge in [-0.05, 0) is 44.4 Å². The standard InChI is InChI=1S/C15H29NO3/c1-4-15(5-2,14(17)18)11-16-13-8-6-12(7-9-13)10-19-3/h12-13,16H,4-11H2,1-3H3,(H,17,18). The average molecular weight is 271 g/mol. The van der Waals surface area contributed by atoms with Crippen molar-refractivity contribution in [3.63, 3.8) is 0 Å². The van der Waals surface area contributed by atoms with E-state index in [4.69, 9.17) is 4.74 Å². The molecular formula is C15H29NO3. The molecule has 0 spiro atoms. The lowest BCUT2D eigenvalue weighted by Gasteiger charge is -2.33. The lowest BCUT2D eigenvalue weighted by atomic mass is 9.81. The van der Waals surface area contributed by atoms with Gasteiger partial charge in [-0.2, -0.15) is 0 Å². The van der Waals surface area contributed by atoms with Gasteiger partial charge in [0, 0.05) is 26.3 Å². The predicted molar refractivity (Wildman–Crippen MR) is 76.3 cm³/mol. The maximum atomic E-state index is 11.4. The van der Waals surface area contributed by atoms with Crippen molar-refractivity contribution >= 4 is 5.97 Å². The van der Waals surface area contributed by atoms with Crippen molar-refractivity contribution in [2.45, 2.75) is 58.4 Å². The average Bonchev–Trinajstić information content (AvgIpc) is 2.42. The summed E-state index contributed by atoms with van der Waals surface area (Å²) in [6.45, 7) is 5.38. The van der Waals surface area contributed by atoms with Gasteiger partial charge in [0.1, 0.15) is 0 Å². The Kier molecular flexibility index (Phi) is 6.80.